The zero-order valence-corrected chi connectivity index (χ0v) is 12.9. The number of hydrogen-bond donors (Lipinski definition) is 1. The van der Waals surface area contributed by atoms with Crippen molar-refractivity contribution in [1.29, 1.82) is 5.26 Å². The molecule has 1 fully saturated rings. The minimum absolute atomic E-state index is 0.192. The number of piperazine rings is 1. The number of pyridine rings is 1. The van der Waals surface area contributed by atoms with E-state index >= 15 is 0 Å². The maximum atomic E-state index is 12.4. The van der Waals surface area contributed by atoms with E-state index in [2.05, 4.69) is 4.98 Å². The van der Waals surface area contributed by atoms with Crippen LogP contribution >= 0.6 is 0 Å². The van der Waals surface area contributed by atoms with Gasteiger partial charge in [0.05, 0.1) is 12.7 Å². The Hall–Kier alpha value is -2.86. The van der Waals surface area contributed by atoms with Crippen LogP contribution in [-0.2, 0) is 4.84 Å². The lowest BCUT2D eigenvalue weighted by molar-refractivity contribution is -0.0756. The van der Waals surface area contributed by atoms with E-state index in [4.69, 9.17) is 15.2 Å². The Morgan fingerprint density at radius 1 is 1.35 bits per heavy atom. The molecule has 1 aliphatic rings. The number of nitrogens with zero attached hydrogens (tertiary/aromatic N) is 5. The molecule has 0 spiro atoms. The Balaban J connectivity index is 2.31. The molecule has 0 bridgehead atoms. The molecule has 2 heterocycles. The topological polar surface area (TPSA) is 110 Å². The number of aromatic nitrogens is 1. The first-order valence-corrected chi connectivity index (χ1v) is 6.94. The molecule has 9 nitrogen and oxygen atoms in total. The number of carbonyl (C=O) groups excluding carboxylic acids is 1. The maximum Gasteiger partial charge on any atom is 0.407 e. The van der Waals surface area contributed by atoms with Crippen molar-refractivity contribution in [3.05, 3.63) is 23.4 Å². The van der Waals surface area contributed by atoms with Crippen molar-refractivity contribution in [3.63, 3.8) is 0 Å². The van der Waals surface area contributed by atoms with E-state index < -0.39 is 6.09 Å². The summed E-state index contributed by atoms with van der Waals surface area (Å²) in [6.07, 6.45) is -0.973. The van der Waals surface area contributed by atoms with Gasteiger partial charge in [0.25, 0.3) is 5.91 Å². The number of hydroxylamine groups is 2. The Kier molecular flexibility index (Phi) is 4.98. The second-order valence-corrected chi connectivity index (χ2v) is 4.92. The first-order chi connectivity index (χ1) is 11.0. The monoisotopic (exact) mass is 319 g/mol. The molecule has 0 saturated carbocycles. The number of anilines is 1. The van der Waals surface area contributed by atoms with Crippen LogP contribution in [0.3, 0.4) is 0 Å². The predicted molar refractivity (Wildman–Crippen MR) is 79.9 cm³/mol. The van der Waals surface area contributed by atoms with E-state index in [0.29, 0.717) is 37.6 Å². The lowest BCUT2D eigenvalue weighted by Gasteiger charge is -2.34. The molecule has 1 aromatic rings. The van der Waals surface area contributed by atoms with Gasteiger partial charge in [0.2, 0.25) is 0 Å². The summed E-state index contributed by atoms with van der Waals surface area (Å²) in [5.41, 5.74) is 0.495. The summed E-state index contributed by atoms with van der Waals surface area (Å²) in [4.78, 5) is 35.6. The molecule has 0 radical (unpaired) electrons. The van der Waals surface area contributed by atoms with Crippen molar-refractivity contribution in [2.45, 2.75) is 0 Å². The second kappa shape index (κ2) is 6.93. The summed E-state index contributed by atoms with van der Waals surface area (Å²) in [7, 11) is 2.85. The molecule has 2 amide bonds. The van der Waals surface area contributed by atoms with Gasteiger partial charge in [-0.05, 0) is 12.1 Å². The zero-order valence-electron chi connectivity index (χ0n) is 12.9. The van der Waals surface area contributed by atoms with Gasteiger partial charge in [-0.15, -0.1) is 0 Å². The number of carbonyl (C=O) groups is 2. The van der Waals surface area contributed by atoms with E-state index in [1.54, 1.807) is 4.90 Å². The highest BCUT2D eigenvalue weighted by atomic mass is 16.7. The van der Waals surface area contributed by atoms with E-state index in [1.807, 2.05) is 6.07 Å². The van der Waals surface area contributed by atoms with E-state index in [0.717, 1.165) is 5.06 Å². The molecular weight excluding hydrogens is 302 g/mol. The molecule has 9 heteroatoms. The van der Waals surface area contributed by atoms with Gasteiger partial charge in [-0.3, -0.25) is 9.63 Å². The molecule has 0 aliphatic carbocycles. The number of nitriles is 1. The van der Waals surface area contributed by atoms with Crippen LogP contribution in [0.1, 0.15) is 16.1 Å². The summed E-state index contributed by atoms with van der Waals surface area (Å²) in [5.74, 6) is -0.0249. The Labute approximate surface area is 133 Å². The molecule has 0 atom stereocenters. The van der Waals surface area contributed by atoms with Crippen molar-refractivity contribution in [2.24, 2.45) is 0 Å². The van der Waals surface area contributed by atoms with Crippen LogP contribution in [0.5, 0.6) is 0 Å². The van der Waals surface area contributed by atoms with Gasteiger partial charge in [-0.2, -0.15) is 5.26 Å². The summed E-state index contributed by atoms with van der Waals surface area (Å²) >= 11 is 0. The first-order valence-electron chi connectivity index (χ1n) is 6.94. The van der Waals surface area contributed by atoms with Crippen LogP contribution in [0.4, 0.5) is 10.6 Å². The lowest BCUT2D eigenvalue weighted by Crippen LogP contribution is -2.49. The van der Waals surface area contributed by atoms with Crippen LogP contribution in [0.2, 0.25) is 0 Å². The largest absolute Gasteiger partial charge is 0.465 e. The highest BCUT2D eigenvalue weighted by molar-refractivity contribution is 5.98. The SMILES string of the molecule is CON(C)C(=O)c1ccc(C#N)nc1N1CCN(C(=O)O)CC1. The summed E-state index contributed by atoms with van der Waals surface area (Å²) < 4.78 is 0. The molecule has 23 heavy (non-hydrogen) atoms. The first kappa shape index (κ1) is 16.5. The van der Waals surface area contributed by atoms with Gasteiger partial charge in [-0.25, -0.2) is 14.8 Å². The minimum atomic E-state index is -0.973. The Bertz CT molecular complexity index is 649. The maximum absolute atomic E-state index is 12.4. The molecule has 122 valence electrons. The highest BCUT2D eigenvalue weighted by Gasteiger charge is 2.26. The standard InChI is InChI=1S/C14H17N5O4/c1-17(23-2)13(20)11-4-3-10(9-15)16-12(11)18-5-7-19(8-6-18)14(21)22/h3-4H,5-8H2,1-2H3,(H,21,22). The van der Waals surface area contributed by atoms with Crippen LogP contribution in [0.25, 0.3) is 0 Å². The smallest absolute Gasteiger partial charge is 0.407 e. The zero-order chi connectivity index (χ0) is 17.0. The Morgan fingerprint density at radius 3 is 2.52 bits per heavy atom. The number of carboxylic acid groups (broad SMARTS) is 1. The molecule has 2 rings (SSSR count). The third kappa shape index (κ3) is 3.49. The quantitative estimate of drug-likeness (QED) is 0.802. The fraction of sp³-hybridized carbons (Fsp3) is 0.429. The van der Waals surface area contributed by atoms with Crippen molar-refractivity contribution in [2.75, 3.05) is 45.2 Å². The van der Waals surface area contributed by atoms with E-state index in [-0.39, 0.29) is 11.6 Å². The lowest BCUT2D eigenvalue weighted by atomic mass is 10.2. The van der Waals surface area contributed by atoms with Gasteiger partial charge in [0.1, 0.15) is 17.6 Å². The van der Waals surface area contributed by atoms with Crippen molar-refractivity contribution >= 4 is 17.8 Å². The van der Waals surface area contributed by atoms with Crippen molar-refractivity contribution in [3.8, 4) is 6.07 Å². The summed E-state index contributed by atoms with van der Waals surface area (Å²) in [6, 6.07) is 4.94. The molecular formula is C14H17N5O4. The Morgan fingerprint density at radius 2 is 2.00 bits per heavy atom. The number of rotatable bonds is 3. The van der Waals surface area contributed by atoms with Crippen molar-refractivity contribution < 1.29 is 19.5 Å². The predicted octanol–water partition coefficient (Wildman–Crippen LogP) is 0.387. The number of amides is 2. The fourth-order valence-corrected chi connectivity index (χ4v) is 2.28. The molecule has 1 N–H and O–H groups in total. The average Bonchev–Trinajstić information content (AvgIpc) is 2.59. The van der Waals surface area contributed by atoms with Crippen molar-refractivity contribution in [1.82, 2.24) is 14.9 Å². The van der Waals surface area contributed by atoms with E-state index in [9.17, 15) is 9.59 Å². The van der Waals surface area contributed by atoms with Crippen LogP contribution < -0.4 is 4.90 Å². The normalized spacial score (nSPS) is 14.3. The highest BCUT2D eigenvalue weighted by Crippen LogP contribution is 2.22. The molecule has 0 unspecified atom stereocenters. The summed E-state index contributed by atoms with van der Waals surface area (Å²) in [5, 5.41) is 19.1. The summed E-state index contributed by atoms with van der Waals surface area (Å²) in [6.45, 7) is 1.40. The van der Waals surface area contributed by atoms with Gasteiger partial charge < -0.3 is 14.9 Å². The molecule has 1 aromatic heterocycles. The van der Waals surface area contributed by atoms with Crippen LogP contribution in [0, 0.1) is 11.3 Å². The van der Waals surface area contributed by atoms with Gasteiger partial charge >= 0.3 is 6.09 Å². The van der Waals surface area contributed by atoms with E-state index in [1.165, 1.54) is 31.2 Å². The third-order valence-corrected chi connectivity index (χ3v) is 3.63. The van der Waals surface area contributed by atoms with Gasteiger partial charge in [0, 0.05) is 33.2 Å². The third-order valence-electron chi connectivity index (χ3n) is 3.63. The molecule has 1 aliphatic heterocycles. The fourth-order valence-electron chi connectivity index (χ4n) is 2.28. The minimum Gasteiger partial charge on any atom is -0.465 e. The second-order valence-electron chi connectivity index (χ2n) is 4.92. The van der Waals surface area contributed by atoms with Crippen LogP contribution in [0.15, 0.2) is 12.1 Å². The van der Waals surface area contributed by atoms with Gasteiger partial charge in [-0.1, -0.05) is 0 Å². The number of hydrogen-bond acceptors (Lipinski definition) is 6. The van der Waals surface area contributed by atoms with Gasteiger partial charge in [0.15, 0.2) is 0 Å². The molecule has 0 aromatic carbocycles. The van der Waals surface area contributed by atoms with Crippen LogP contribution in [-0.4, -0.2) is 72.4 Å². The average molecular weight is 319 g/mol. The molecule has 1 saturated heterocycles.